The van der Waals surface area contributed by atoms with Crippen molar-refractivity contribution in [1.29, 1.82) is 0 Å². The Hall–Kier alpha value is -0.260. The van der Waals surface area contributed by atoms with Gasteiger partial charge in [-0.15, -0.1) is 0 Å². The van der Waals surface area contributed by atoms with Gasteiger partial charge in [-0.3, -0.25) is 0 Å². The molecule has 0 aromatic rings. The molecule has 0 spiro atoms. The second-order valence-electron chi connectivity index (χ2n) is 4.25. The lowest BCUT2D eigenvalue weighted by molar-refractivity contribution is 0.495. The molecule has 1 aliphatic rings. The maximum atomic E-state index is 2.45. The van der Waals surface area contributed by atoms with E-state index in [1.165, 1.54) is 12.8 Å². The van der Waals surface area contributed by atoms with Gasteiger partial charge < -0.3 is 0 Å². The molecule has 0 aromatic heterocycles. The van der Waals surface area contributed by atoms with Crippen molar-refractivity contribution in [2.75, 3.05) is 0 Å². The third-order valence-corrected chi connectivity index (χ3v) is 2.61. The highest BCUT2D eigenvalue weighted by Crippen LogP contribution is 2.40. The fraction of sp³-hybridized carbons (Fsp3) is 0.818. The predicted molar refractivity (Wildman–Crippen MR) is 50.5 cm³/mol. The molecule has 1 rings (SSSR count). The van der Waals surface area contributed by atoms with E-state index in [1.807, 2.05) is 0 Å². The minimum atomic E-state index is 0.843. The Morgan fingerprint density at radius 2 is 2.00 bits per heavy atom. The molecule has 0 aromatic carbocycles. The van der Waals surface area contributed by atoms with Gasteiger partial charge in [0.2, 0.25) is 0 Å². The molecule has 0 saturated carbocycles. The molecule has 0 fully saturated rings. The molecule has 0 bridgehead atoms. The molecule has 1 aliphatic carbocycles. The van der Waals surface area contributed by atoms with Crippen LogP contribution >= 0.6 is 0 Å². The first kappa shape index (κ1) is 8.83. The summed E-state index contributed by atoms with van der Waals surface area (Å²) in [6.45, 7) is 9.23. The van der Waals surface area contributed by atoms with Crippen molar-refractivity contribution in [1.82, 2.24) is 0 Å². The van der Waals surface area contributed by atoms with Crippen molar-refractivity contribution in [2.24, 2.45) is 17.8 Å². The second-order valence-corrected chi connectivity index (χ2v) is 4.25. The highest BCUT2D eigenvalue weighted by molar-refractivity contribution is 5.30. The molecule has 64 valence electrons. The molecule has 0 aliphatic heterocycles. The molecule has 0 heteroatoms. The van der Waals surface area contributed by atoms with Gasteiger partial charge in [0.05, 0.1) is 0 Å². The van der Waals surface area contributed by atoms with Crippen LogP contribution in [0.2, 0.25) is 0 Å². The molecular weight excluding hydrogens is 132 g/mol. The lowest BCUT2D eigenvalue weighted by Crippen LogP contribution is -1.98. The Morgan fingerprint density at radius 1 is 1.36 bits per heavy atom. The summed E-state index contributed by atoms with van der Waals surface area (Å²) in [5.41, 5.74) is 1.72. The summed E-state index contributed by atoms with van der Waals surface area (Å²) in [5, 5.41) is 0. The van der Waals surface area contributed by atoms with Crippen LogP contribution in [0.25, 0.3) is 0 Å². The average Bonchev–Trinajstić information content (AvgIpc) is 2.65. The number of allylic oxidation sites excluding steroid dienone is 2. The molecule has 0 heterocycles. The van der Waals surface area contributed by atoms with E-state index < -0.39 is 0 Å². The predicted octanol–water partition coefficient (Wildman–Crippen LogP) is 3.63. The van der Waals surface area contributed by atoms with E-state index in [9.17, 15) is 0 Å². The van der Waals surface area contributed by atoms with E-state index in [-0.39, 0.29) is 0 Å². The summed E-state index contributed by atoms with van der Waals surface area (Å²) in [6, 6.07) is 0. The van der Waals surface area contributed by atoms with Gasteiger partial charge in [-0.2, -0.15) is 0 Å². The molecule has 0 saturated heterocycles. The van der Waals surface area contributed by atoms with Crippen molar-refractivity contribution < 1.29 is 0 Å². The van der Waals surface area contributed by atoms with E-state index in [4.69, 9.17) is 0 Å². The minimum absolute atomic E-state index is 0.843. The Kier molecular flexibility index (Phi) is 2.75. The molecular formula is C11H20. The van der Waals surface area contributed by atoms with Crippen molar-refractivity contribution in [3.05, 3.63) is 11.6 Å². The Bertz CT molecular complexity index is 153. The highest BCUT2D eigenvalue weighted by Gasteiger charge is 2.28. The van der Waals surface area contributed by atoms with Gasteiger partial charge in [-0.05, 0) is 18.3 Å². The maximum absolute atomic E-state index is 2.45. The van der Waals surface area contributed by atoms with Gasteiger partial charge >= 0.3 is 0 Å². The van der Waals surface area contributed by atoms with E-state index >= 15 is 0 Å². The van der Waals surface area contributed by atoms with Crippen molar-refractivity contribution in [3.63, 3.8) is 0 Å². The zero-order valence-electron chi connectivity index (χ0n) is 8.22. The monoisotopic (exact) mass is 152 g/mol. The lowest BCUT2D eigenvalue weighted by atomic mass is 9.96. The molecule has 0 nitrogen and oxygen atoms in total. The quantitative estimate of drug-likeness (QED) is 0.539. The summed E-state index contributed by atoms with van der Waals surface area (Å²) >= 11 is 0. The Balaban J connectivity index is 2.19. The summed E-state index contributed by atoms with van der Waals surface area (Å²) in [4.78, 5) is 0. The Morgan fingerprint density at radius 3 is 2.45 bits per heavy atom. The molecule has 2 atom stereocenters. The van der Waals surface area contributed by atoms with Crippen LogP contribution in [0.1, 0.15) is 40.5 Å². The Labute approximate surface area is 70.7 Å². The first-order valence-corrected chi connectivity index (χ1v) is 4.85. The van der Waals surface area contributed by atoms with Gasteiger partial charge in [0, 0.05) is 5.92 Å². The van der Waals surface area contributed by atoms with Gasteiger partial charge in [0.1, 0.15) is 0 Å². The zero-order chi connectivity index (χ0) is 8.43. The molecule has 0 N–H and O–H groups in total. The molecule has 11 heavy (non-hydrogen) atoms. The normalized spacial score (nSPS) is 25.2. The third kappa shape index (κ3) is 2.36. The minimum Gasteiger partial charge on any atom is -0.0773 e. The van der Waals surface area contributed by atoms with Crippen LogP contribution in [0.5, 0.6) is 0 Å². The van der Waals surface area contributed by atoms with Crippen LogP contribution < -0.4 is 0 Å². The maximum Gasteiger partial charge on any atom is 0.000550 e. The number of hydrogen-bond acceptors (Lipinski definition) is 0. The van der Waals surface area contributed by atoms with E-state index in [1.54, 1.807) is 5.57 Å². The van der Waals surface area contributed by atoms with Gasteiger partial charge in [0.25, 0.3) is 0 Å². The first-order valence-electron chi connectivity index (χ1n) is 4.85. The number of rotatable bonds is 4. The van der Waals surface area contributed by atoms with Gasteiger partial charge in [-0.25, -0.2) is 0 Å². The van der Waals surface area contributed by atoms with Crippen LogP contribution in [-0.4, -0.2) is 0 Å². The van der Waals surface area contributed by atoms with Crippen LogP contribution in [0.3, 0.4) is 0 Å². The summed E-state index contributed by atoms with van der Waals surface area (Å²) in [6.07, 6.45) is 5.10. The SMILES string of the molecule is CCC(C)C1C=C1CC(C)C. The second kappa shape index (κ2) is 3.42. The first-order chi connectivity index (χ1) is 5.15. The fourth-order valence-corrected chi connectivity index (χ4v) is 1.64. The summed E-state index contributed by atoms with van der Waals surface area (Å²) < 4.78 is 0. The van der Waals surface area contributed by atoms with Crippen LogP contribution in [-0.2, 0) is 0 Å². The largest absolute Gasteiger partial charge is 0.0773 e. The standard InChI is InChI=1S/C11H20/c1-5-9(4)11-7-10(11)6-8(2)3/h7-9,11H,5-6H2,1-4H3. The summed E-state index contributed by atoms with van der Waals surface area (Å²) in [5.74, 6) is 2.61. The zero-order valence-corrected chi connectivity index (χ0v) is 8.22. The van der Waals surface area contributed by atoms with Crippen molar-refractivity contribution in [2.45, 2.75) is 40.5 Å². The topological polar surface area (TPSA) is 0 Å². The van der Waals surface area contributed by atoms with Crippen LogP contribution in [0, 0.1) is 17.8 Å². The lowest BCUT2D eigenvalue weighted by Gasteiger charge is -2.08. The fourth-order valence-electron chi connectivity index (χ4n) is 1.64. The van der Waals surface area contributed by atoms with E-state index in [0.717, 1.165) is 17.8 Å². The summed E-state index contributed by atoms with van der Waals surface area (Å²) in [7, 11) is 0. The molecule has 2 unspecified atom stereocenters. The van der Waals surface area contributed by atoms with Crippen molar-refractivity contribution in [3.8, 4) is 0 Å². The van der Waals surface area contributed by atoms with Gasteiger partial charge in [-0.1, -0.05) is 45.8 Å². The smallest absolute Gasteiger partial charge is 0.000550 e. The van der Waals surface area contributed by atoms with Crippen LogP contribution in [0.4, 0.5) is 0 Å². The molecule has 0 radical (unpaired) electrons. The van der Waals surface area contributed by atoms with Crippen LogP contribution in [0.15, 0.2) is 11.6 Å². The van der Waals surface area contributed by atoms with Crippen molar-refractivity contribution >= 4 is 0 Å². The van der Waals surface area contributed by atoms with Gasteiger partial charge in [0.15, 0.2) is 0 Å². The highest BCUT2D eigenvalue weighted by atomic mass is 14.3. The third-order valence-electron chi connectivity index (χ3n) is 2.61. The molecule has 0 amide bonds. The van der Waals surface area contributed by atoms with E-state index in [2.05, 4.69) is 33.8 Å². The average molecular weight is 152 g/mol. The number of hydrogen-bond donors (Lipinski definition) is 0. The van der Waals surface area contributed by atoms with E-state index in [0.29, 0.717) is 0 Å².